The van der Waals surface area contributed by atoms with Crippen molar-refractivity contribution in [1.29, 1.82) is 0 Å². The number of methoxy groups -OCH3 is 1. The van der Waals surface area contributed by atoms with Gasteiger partial charge in [-0.25, -0.2) is 9.59 Å². The van der Waals surface area contributed by atoms with Crippen molar-refractivity contribution in [2.24, 2.45) is 0 Å². The first-order valence-corrected chi connectivity index (χ1v) is 8.97. The zero-order valence-electron chi connectivity index (χ0n) is 15.8. The highest BCUT2D eigenvalue weighted by Gasteiger charge is 2.42. The Hall–Kier alpha value is -2.84. The highest BCUT2D eigenvalue weighted by atomic mass is 19.3. The van der Waals surface area contributed by atoms with Crippen LogP contribution in [0.3, 0.4) is 0 Å². The highest BCUT2D eigenvalue weighted by Crippen LogP contribution is 2.40. The summed E-state index contributed by atoms with van der Waals surface area (Å²) in [4.78, 5) is 26.8. The van der Waals surface area contributed by atoms with Gasteiger partial charge in [0.2, 0.25) is 0 Å². The minimum absolute atomic E-state index is 0.0546. The minimum atomic E-state index is -3.04. The van der Waals surface area contributed by atoms with E-state index in [1.807, 2.05) is 0 Å². The molecule has 2 amide bonds. The fraction of sp³-hybridized carbons (Fsp3) is 0.474. The number of nitrogens with zero attached hydrogens (tertiary/aromatic N) is 1. The third-order valence-electron chi connectivity index (χ3n) is 4.67. The molecule has 1 aromatic carbocycles. The number of benzene rings is 1. The molecule has 0 unspecified atom stereocenters. The molecule has 0 spiro atoms. The van der Waals surface area contributed by atoms with E-state index in [0.29, 0.717) is 11.3 Å². The number of alkyl halides is 2. The maximum absolute atomic E-state index is 12.7. The normalized spacial score (nSPS) is 19.6. The van der Waals surface area contributed by atoms with Crippen LogP contribution < -0.4 is 14.8 Å². The molecule has 0 radical (unpaired) electrons. The van der Waals surface area contributed by atoms with Crippen molar-refractivity contribution in [3.63, 3.8) is 0 Å². The van der Waals surface area contributed by atoms with Crippen LogP contribution >= 0.6 is 0 Å². The van der Waals surface area contributed by atoms with Gasteiger partial charge in [-0.1, -0.05) is 6.07 Å². The van der Waals surface area contributed by atoms with Crippen LogP contribution in [-0.4, -0.2) is 43.3 Å². The number of halogens is 2. The van der Waals surface area contributed by atoms with Gasteiger partial charge >= 0.3 is 18.6 Å². The van der Waals surface area contributed by atoms with Crippen molar-refractivity contribution in [3.8, 4) is 11.5 Å². The summed E-state index contributed by atoms with van der Waals surface area (Å²) in [6.45, 7) is 0.501. The lowest BCUT2D eigenvalue weighted by atomic mass is 9.94. The summed E-state index contributed by atoms with van der Waals surface area (Å²) in [5.74, 6) is -0.637. The average Bonchev–Trinajstić information content (AvgIpc) is 3.45. The predicted molar refractivity (Wildman–Crippen MR) is 95.1 cm³/mol. The van der Waals surface area contributed by atoms with Gasteiger partial charge in [0.25, 0.3) is 0 Å². The van der Waals surface area contributed by atoms with Gasteiger partial charge in [0.15, 0.2) is 11.5 Å². The molecule has 0 aromatic heterocycles. The monoisotopic (exact) mass is 396 g/mol. The van der Waals surface area contributed by atoms with E-state index in [1.165, 1.54) is 19.2 Å². The number of urea groups is 1. The van der Waals surface area contributed by atoms with E-state index < -0.39 is 18.6 Å². The van der Waals surface area contributed by atoms with Gasteiger partial charge < -0.3 is 19.5 Å². The molecule has 1 aliphatic carbocycles. The van der Waals surface area contributed by atoms with E-state index in [-0.39, 0.29) is 35.8 Å². The number of nitrogens with one attached hydrogen (secondary N) is 1. The second kappa shape index (κ2) is 8.04. The number of allylic oxidation sites excluding steroid dienone is 1. The SMILES string of the molecule is CCOC(=O)C1=C(C)N(C2CC2)C(=O)N[C@@H]1c1ccc(OC)c(OC(F)F)c1. The maximum atomic E-state index is 12.7. The quantitative estimate of drug-likeness (QED) is 0.715. The molecular weight excluding hydrogens is 374 g/mol. The van der Waals surface area contributed by atoms with Crippen molar-refractivity contribution in [1.82, 2.24) is 10.2 Å². The fourth-order valence-electron chi connectivity index (χ4n) is 3.31. The lowest BCUT2D eigenvalue weighted by Crippen LogP contribution is -2.48. The molecule has 3 rings (SSSR count). The van der Waals surface area contributed by atoms with Crippen LogP contribution in [0, 0.1) is 0 Å². The number of carbonyl (C=O) groups excluding carboxylic acids is 2. The Labute approximate surface area is 161 Å². The van der Waals surface area contributed by atoms with Crippen LogP contribution in [0.1, 0.15) is 38.3 Å². The lowest BCUT2D eigenvalue weighted by Gasteiger charge is -2.35. The largest absolute Gasteiger partial charge is 0.493 e. The van der Waals surface area contributed by atoms with Crippen molar-refractivity contribution in [2.75, 3.05) is 13.7 Å². The summed E-state index contributed by atoms with van der Waals surface area (Å²) in [5.41, 5.74) is 1.17. The molecule has 7 nitrogen and oxygen atoms in total. The molecule has 1 atom stereocenters. The van der Waals surface area contributed by atoms with E-state index >= 15 is 0 Å². The van der Waals surface area contributed by atoms with Crippen molar-refractivity contribution < 1.29 is 32.6 Å². The predicted octanol–water partition coefficient (Wildman–Crippen LogP) is 3.36. The molecule has 1 fully saturated rings. The van der Waals surface area contributed by atoms with E-state index in [4.69, 9.17) is 9.47 Å². The molecule has 0 saturated heterocycles. The van der Waals surface area contributed by atoms with Crippen LogP contribution in [0.5, 0.6) is 11.5 Å². The average molecular weight is 396 g/mol. The number of hydrogen-bond donors (Lipinski definition) is 1. The van der Waals surface area contributed by atoms with E-state index in [0.717, 1.165) is 12.8 Å². The summed E-state index contributed by atoms with van der Waals surface area (Å²) in [7, 11) is 1.33. The van der Waals surface area contributed by atoms with E-state index in [2.05, 4.69) is 10.1 Å². The van der Waals surface area contributed by atoms with Crippen molar-refractivity contribution in [2.45, 2.75) is 45.4 Å². The van der Waals surface area contributed by atoms with Crippen molar-refractivity contribution in [3.05, 3.63) is 35.0 Å². The van der Waals surface area contributed by atoms with Crippen LogP contribution in [0.25, 0.3) is 0 Å². The topological polar surface area (TPSA) is 77.1 Å². The molecular formula is C19H22F2N2O5. The Bertz CT molecular complexity index is 808. The van der Waals surface area contributed by atoms with Gasteiger partial charge in [-0.2, -0.15) is 8.78 Å². The van der Waals surface area contributed by atoms with Gasteiger partial charge in [0.05, 0.1) is 25.3 Å². The van der Waals surface area contributed by atoms with Gasteiger partial charge in [-0.3, -0.25) is 4.90 Å². The number of amides is 2. The van der Waals surface area contributed by atoms with Crippen molar-refractivity contribution >= 4 is 12.0 Å². The summed E-state index contributed by atoms with van der Waals surface area (Å²) < 4.78 is 40.2. The second-order valence-electron chi connectivity index (χ2n) is 6.49. The van der Waals surface area contributed by atoms with Crippen LogP contribution in [0.15, 0.2) is 29.5 Å². The number of esters is 1. The molecule has 1 aromatic rings. The van der Waals surface area contributed by atoms with Crippen LogP contribution in [0.2, 0.25) is 0 Å². The zero-order valence-corrected chi connectivity index (χ0v) is 15.8. The Balaban J connectivity index is 2.05. The molecule has 28 heavy (non-hydrogen) atoms. The van der Waals surface area contributed by atoms with Crippen LogP contribution in [0.4, 0.5) is 13.6 Å². The highest BCUT2D eigenvalue weighted by molar-refractivity contribution is 5.95. The lowest BCUT2D eigenvalue weighted by molar-refractivity contribution is -0.139. The molecule has 9 heteroatoms. The smallest absolute Gasteiger partial charge is 0.387 e. The van der Waals surface area contributed by atoms with Gasteiger partial charge in [0, 0.05) is 11.7 Å². The minimum Gasteiger partial charge on any atom is -0.493 e. The number of ether oxygens (including phenoxy) is 3. The molecule has 1 N–H and O–H groups in total. The number of carbonyl (C=O) groups is 2. The molecule has 2 aliphatic rings. The Kier molecular flexibility index (Phi) is 5.71. The number of rotatable bonds is 7. The summed E-state index contributed by atoms with van der Waals surface area (Å²) in [6.07, 6.45) is 1.72. The summed E-state index contributed by atoms with van der Waals surface area (Å²) >= 11 is 0. The Morgan fingerprint density at radius 1 is 1.32 bits per heavy atom. The molecule has 1 aliphatic heterocycles. The Morgan fingerprint density at radius 3 is 2.61 bits per heavy atom. The standard InChI is InChI=1S/C19H22F2N2O5/c1-4-27-17(24)15-10(2)23(12-6-7-12)19(25)22-16(15)11-5-8-13(26-3)14(9-11)28-18(20)21/h5,8-9,12,16,18H,4,6-7H2,1-3H3,(H,22,25)/t16-/m1/s1. The van der Waals surface area contributed by atoms with E-state index in [9.17, 15) is 18.4 Å². The van der Waals surface area contributed by atoms with Crippen LogP contribution in [-0.2, 0) is 9.53 Å². The zero-order chi connectivity index (χ0) is 20.4. The van der Waals surface area contributed by atoms with Gasteiger partial charge in [0.1, 0.15) is 0 Å². The fourth-order valence-corrected chi connectivity index (χ4v) is 3.31. The molecule has 0 bridgehead atoms. The summed E-state index contributed by atoms with van der Waals surface area (Å²) in [6, 6.07) is 3.22. The first-order valence-electron chi connectivity index (χ1n) is 8.97. The third kappa shape index (κ3) is 3.88. The van der Waals surface area contributed by atoms with Gasteiger partial charge in [-0.05, 0) is 44.4 Å². The molecule has 152 valence electrons. The maximum Gasteiger partial charge on any atom is 0.387 e. The first-order chi connectivity index (χ1) is 13.4. The number of hydrogen-bond acceptors (Lipinski definition) is 5. The van der Waals surface area contributed by atoms with Gasteiger partial charge in [-0.15, -0.1) is 0 Å². The Morgan fingerprint density at radius 2 is 2.04 bits per heavy atom. The third-order valence-corrected chi connectivity index (χ3v) is 4.67. The molecule has 1 heterocycles. The molecule has 1 saturated carbocycles. The summed E-state index contributed by atoms with van der Waals surface area (Å²) in [5, 5.41) is 2.79. The van der Waals surface area contributed by atoms with E-state index in [1.54, 1.807) is 24.8 Å². The second-order valence-corrected chi connectivity index (χ2v) is 6.49. The first kappa shape index (κ1) is 19.9.